The predicted molar refractivity (Wildman–Crippen MR) is 87.1 cm³/mol. The Morgan fingerprint density at radius 3 is 2.70 bits per heavy atom. The number of ether oxygens (including phenoxy) is 1. The number of likely N-dealkylation sites (N-methyl/N-ethyl adjacent to an activating group) is 1. The molecule has 1 aliphatic rings. The number of H-pyrrole nitrogens is 1. The highest BCUT2D eigenvalue weighted by Crippen LogP contribution is 2.26. The summed E-state index contributed by atoms with van der Waals surface area (Å²) in [5.74, 6) is 0.0365. The fourth-order valence-electron chi connectivity index (χ4n) is 3.00. The number of nitrogens with one attached hydrogen (secondary N) is 1. The van der Waals surface area contributed by atoms with Crippen LogP contribution < -0.4 is 0 Å². The maximum absolute atomic E-state index is 12.2. The van der Waals surface area contributed by atoms with Crippen LogP contribution in [0.2, 0.25) is 0 Å². The smallest absolute Gasteiger partial charge is 0.359 e. The van der Waals surface area contributed by atoms with Crippen LogP contribution in [0, 0.1) is 5.92 Å². The van der Waals surface area contributed by atoms with Gasteiger partial charge in [0.2, 0.25) is 0 Å². The SMILES string of the molecule is CCCc1cc(C(=O)OCC(=O)N(C)C2CCC(C)CC2)n[nH]1. The molecule has 1 heterocycles. The first kappa shape index (κ1) is 17.5. The second kappa shape index (κ2) is 8.13. The van der Waals surface area contributed by atoms with Gasteiger partial charge >= 0.3 is 5.97 Å². The van der Waals surface area contributed by atoms with E-state index in [1.807, 2.05) is 0 Å². The standard InChI is InChI=1S/C17H27N3O3/c1-4-5-13-10-15(19-18-13)17(22)23-11-16(21)20(3)14-8-6-12(2)7-9-14/h10,12,14H,4-9,11H2,1-3H3,(H,18,19). The molecule has 1 N–H and O–H groups in total. The van der Waals surface area contributed by atoms with Crippen molar-refractivity contribution in [2.75, 3.05) is 13.7 Å². The van der Waals surface area contributed by atoms with Gasteiger partial charge in [-0.15, -0.1) is 0 Å². The summed E-state index contributed by atoms with van der Waals surface area (Å²) in [5, 5.41) is 6.74. The molecule has 1 saturated carbocycles. The van der Waals surface area contributed by atoms with Crippen molar-refractivity contribution in [2.45, 2.75) is 58.4 Å². The number of aromatic amines is 1. The van der Waals surface area contributed by atoms with Crippen LogP contribution >= 0.6 is 0 Å². The maximum atomic E-state index is 12.2. The normalized spacial score (nSPS) is 21.0. The Balaban J connectivity index is 1.79. The lowest BCUT2D eigenvalue weighted by atomic mass is 9.87. The monoisotopic (exact) mass is 321 g/mol. The molecule has 0 aromatic carbocycles. The molecule has 0 spiro atoms. The quantitative estimate of drug-likeness (QED) is 0.817. The molecule has 1 fully saturated rings. The van der Waals surface area contributed by atoms with Crippen molar-refractivity contribution in [1.82, 2.24) is 15.1 Å². The van der Waals surface area contributed by atoms with Gasteiger partial charge in [0.25, 0.3) is 5.91 Å². The van der Waals surface area contributed by atoms with Crippen molar-refractivity contribution in [3.63, 3.8) is 0 Å². The summed E-state index contributed by atoms with van der Waals surface area (Å²) >= 11 is 0. The molecule has 0 atom stereocenters. The first-order valence-corrected chi connectivity index (χ1v) is 8.48. The van der Waals surface area contributed by atoms with Crippen molar-refractivity contribution in [3.8, 4) is 0 Å². The molecule has 1 aromatic heterocycles. The van der Waals surface area contributed by atoms with E-state index in [9.17, 15) is 9.59 Å². The molecular weight excluding hydrogens is 294 g/mol. The summed E-state index contributed by atoms with van der Waals surface area (Å²) < 4.78 is 5.10. The largest absolute Gasteiger partial charge is 0.451 e. The number of aryl methyl sites for hydroxylation is 1. The van der Waals surface area contributed by atoms with Gasteiger partial charge in [0, 0.05) is 18.8 Å². The Bertz CT molecular complexity index is 533. The number of esters is 1. The van der Waals surface area contributed by atoms with Gasteiger partial charge in [-0.2, -0.15) is 5.10 Å². The highest BCUT2D eigenvalue weighted by atomic mass is 16.5. The van der Waals surface area contributed by atoms with Crippen LogP contribution in [0.1, 0.15) is 62.1 Å². The topological polar surface area (TPSA) is 75.3 Å². The fourth-order valence-corrected chi connectivity index (χ4v) is 3.00. The predicted octanol–water partition coefficient (Wildman–Crippen LogP) is 2.56. The van der Waals surface area contributed by atoms with Crippen molar-refractivity contribution in [1.29, 1.82) is 0 Å². The number of carbonyl (C=O) groups is 2. The zero-order valence-corrected chi connectivity index (χ0v) is 14.3. The third kappa shape index (κ3) is 4.81. The average Bonchev–Trinajstić information content (AvgIpc) is 3.01. The minimum Gasteiger partial charge on any atom is -0.451 e. The van der Waals surface area contributed by atoms with Gasteiger partial charge in [-0.3, -0.25) is 9.89 Å². The summed E-state index contributed by atoms with van der Waals surface area (Å²) in [4.78, 5) is 25.8. The Hall–Kier alpha value is -1.85. The zero-order valence-electron chi connectivity index (χ0n) is 14.3. The lowest BCUT2D eigenvalue weighted by Crippen LogP contribution is -2.41. The molecule has 23 heavy (non-hydrogen) atoms. The number of carbonyl (C=O) groups excluding carboxylic acids is 2. The lowest BCUT2D eigenvalue weighted by Gasteiger charge is -2.33. The van der Waals surface area contributed by atoms with Crippen LogP contribution in [0.3, 0.4) is 0 Å². The highest BCUT2D eigenvalue weighted by Gasteiger charge is 2.25. The van der Waals surface area contributed by atoms with E-state index >= 15 is 0 Å². The molecule has 128 valence electrons. The van der Waals surface area contributed by atoms with Crippen LogP contribution in [0.25, 0.3) is 0 Å². The second-order valence-electron chi connectivity index (χ2n) is 6.52. The molecule has 2 rings (SSSR count). The molecule has 0 unspecified atom stereocenters. The van der Waals surface area contributed by atoms with E-state index in [1.165, 1.54) is 0 Å². The van der Waals surface area contributed by atoms with Crippen LogP contribution in [-0.4, -0.2) is 46.7 Å². The van der Waals surface area contributed by atoms with Crippen LogP contribution in [0.5, 0.6) is 0 Å². The first-order valence-electron chi connectivity index (χ1n) is 8.48. The van der Waals surface area contributed by atoms with Crippen molar-refractivity contribution in [3.05, 3.63) is 17.5 Å². The molecule has 0 radical (unpaired) electrons. The Labute approximate surface area is 137 Å². The molecule has 1 aromatic rings. The third-order valence-electron chi connectivity index (χ3n) is 4.61. The number of hydrogen-bond donors (Lipinski definition) is 1. The summed E-state index contributed by atoms with van der Waals surface area (Å²) in [7, 11) is 1.80. The van der Waals surface area contributed by atoms with Gasteiger partial charge in [0.1, 0.15) is 0 Å². The summed E-state index contributed by atoms with van der Waals surface area (Å²) in [5.41, 5.74) is 1.13. The number of rotatable bonds is 6. The van der Waals surface area contributed by atoms with E-state index < -0.39 is 5.97 Å². The van der Waals surface area contributed by atoms with E-state index in [0.717, 1.165) is 50.1 Å². The van der Waals surface area contributed by atoms with Gasteiger partial charge in [-0.05, 0) is 44.1 Å². The van der Waals surface area contributed by atoms with Crippen molar-refractivity contribution in [2.24, 2.45) is 5.92 Å². The van der Waals surface area contributed by atoms with Gasteiger partial charge < -0.3 is 9.64 Å². The van der Waals surface area contributed by atoms with E-state index in [-0.39, 0.29) is 24.2 Å². The van der Waals surface area contributed by atoms with Gasteiger partial charge in [-0.25, -0.2) is 4.79 Å². The van der Waals surface area contributed by atoms with E-state index in [1.54, 1.807) is 18.0 Å². The van der Waals surface area contributed by atoms with Crippen LogP contribution in [-0.2, 0) is 16.0 Å². The Morgan fingerprint density at radius 2 is 2.04 bits per heavy atom. The number of amides is 1. The van der Waals surface area contributed by atoms with Gasteiger partial charge in [0.15, 0.2) is 12.3 Å². The van der Waals surface area contributed by atoms with Crippen LogP contribution in [0.15, 0.2) is 6.07 Å². The minimum absolute atomic E-state index is 0.151. The fraction of sp³-hybridized carbons (Fsp3) is 0.706. The maximum Gasteiger partial charge on any atom is 0.359 e. The summed E-state index contributed by atoms with van der Waals surface area (Å²) in [6.45, 7) is 4.08. The summed E-state index contributed by atoms with van der Waals surface area (Å²) in [6.07, 6.45) is 6.15. The average molecular weight is 321 g/mol. The van der Waals surface area contributed by atoms with Gasteiger partial charge in [0.05, 0.1) is 0 Å². The van der Waals surface area contributed by atoms with E-state index in [4.69, 9.17) is 4.74 Å². The van der Waals surface area contributed by atoms with E-state index in [2.05, 4.69) is 24.0 Å². The molecule has 0 bridgehead atoms. The number of aromatic nitrogens is 2. The molecule has 6 nitrogen and oxygen atoms in total. The Morgan fingerprint density at radius 1 is 1.35 bits per heavy atom. The van der Waals surface area contributed by atoms with Crippen molar-refractivity contribution < 1.29 is 14.3 Å². The molecule has 6 heteroatoms. The number of hydrogen-bond acceptors (Lipinski definition) is 4. The third-order valence-corrected chi connectivity index (χ3v) is 4.61. The van der Waals surface area contributed by atoms with Gasteiger partial charge in [-0.1, -0.05) is 20.3 Å². The first-order chi connectivity index (χ1) is 11.0. The number of nitrogens with zero attached hydrogens (tertiary/aromatic N) is 2. The lowest BCUT2D eigenvalue weighted by molar-refractivity contribution is -0.136. The Kier molecular flexibility index (Phi) is 6.19. The summed E-state index contributed by atoms with van der Waals surface area (Å²) in [6, 6.07) is 1.95. The molecule has 1 aliphatic carbocycles. The molecular formula is C17H27N3O3. The highest BCUT2D eigenvalue weighted by molar-refractivity contribution is 5.89. The minimum atomic E-state index is -0.553. The van der Waals surface area contributed by atoms with E-state index in [0.29, 0.717) is 0 Å². The van der Waals surface area contributed by atoms with Crippen LogP contribution in [0.4, 0.5) is 0 Å². The molecule has 1 amide bonds. The zero-order chi connectivity index (χ0) is 16.8. The molecule has 0 aliphatic heterocycles. The molecule has 0 saturated heterocycles. The van der Waals surface area contributed by atoms with Crippen molar-refractivity contribution >= 4 is 11.9 Å². The second-order valence-corrected chi connectivity index (χ2v) is 6.52.